The van der Waals surface area contributed by atoms with Gasteiger partial charge in [0.1, 0.15) is 5.82 Å². The van der Waals surface area contributed by atoms with Gasteiger partial charge >= 0.3 is 0 Å². The molecule has 1 saturated heterocycles. The van der Waals surface area contributed by atoms with Crippen molar-refractivity contribution in [3.8, 4) is 0 Å². The van der Waals surface area contributed by atoms with Gasteiger partial charge in [-0.1, -0.05) is 26.8 Å². The molecule has 3 heteroatoms. The van der Waals surface area contributed by atoms with Gasteiger partial charge in [-0.15, -0.1) is 0 Å². The molecule has 0 saturated carbocycles. The first-order chi connectivity index (χ1) is 8.80. The fraction of sp³-hybridized carbons (Fsp3) is 0.625. The predicted octanol–water partition coefficient (Wildman–Crippen LogP) is 3.35. The largest absolute Gasteiger partial charge is 0.366 e. The molecule has 1 aliphatic heterocycles. The maximum absolute atomic E-state index is 13.8. The van der Waals surface area contributed by atoms with Crippen molar-refractivity contribution in [1.82, 2.24) is 5.32 Å². The molecular weight excluding hydrogens is 239 g/mol. The van der Waals surface area contributed by atoms with Gasteiger partial charge in [0, 0.05) is 36.4 Å². The summed E-state index contributed by atoms with van der Waals surface area (Å²) in [6.45, 7) is 12.7. The molecule has 2 nitrogen and oxygen atoms in total. The van der Waals surface area contributed by atoms with Crippen LogP contribution in [-0.4, -0.2) is 25.2 Å². The van der Waals surface area contributed by atoms with E-state index in [0.29, 0.717) is 12.1 Å². The molecule has 106 valence electrons. The first kappa shape index (κ1) is 14.3. The second kappa shape index (κ2) is 5.12. The average Bonchev–Trinajstić information content (AvgIpc) is 2.32. The summed E-state index contributed by atoms with van der Waals surface area (Å²) in [5.41, 5.74) is 1.99. The maximum Gasteiger partial charge on any atom is 0.128 e. The number of nitrogens with one attached hydrogen (secondary N) is 1. The summed E-state index contributed by atoms with van der Waals surface area (Å²) in [4.78, 5) is 2.34. The number of piperazine rings is 1. The van der Waals surface area contributed by atoms with Crippen LogP contribution in [0.4, 0.5) is 10.1 Å². The number of nitrogens with zero attached hydrogens (tertiary/aromatic N) is 1. The standard InChI is InChI=1S/C16H25FN2/c1-11-9-18-15(16(3,4)5)10-19(11)14-8-6-7-13(17)12(14)2/h6-8,11,15,18H,9-10H2,1-5H3. The molecule has 0 aliphatic carbocycles. The molecule has 1 N–H and O–H groups in total. The fourth-order valence-electron chi connectivity index (χ4n) is 2.69. The van der Waals surface area contributed by atoms with Crippen molar-refractivity contribution < 1.29 is 4.39 Å². The lowest BCUT2D eigenvalue weighted by molar-refractivity contribution is 0.238. The monoisotopic (exact) mass is 264 g/mol. The van der Waals surface area contributed by atoms with Crippen molar-refractivity contribution in [2.75, 3.05) is 18.0 Å². The minimum atomic E-state index is -0.115. The lowest BCUT2D eigenvalue weighted by Gasteiger charge is -2.45. The summed E-state index contributed by atoms with van der Waals surface area (Å²) >= 11 is 0. The van der Waals surface area contributed by atoms with Gasteiger partial charge in [0.2, 0.25) is 0 Å². The maximum atomic E-state index is 13.8. The number of hydrogen-bond acceptors (Lipinski definition) is 2. The molecule has 2 rings (SSSR count). The van der Waals surface area contributed by atoms with Crippen LogP contribution >= 0.6 is 0 Å². The van der Waals surface area contributed by atoms with Gasteiger partial charge < -0.3 is 10.2 Å². The zero-order valence-corrected chi connectivity index (χ0v) is 12.6. The van der Waals surface area contributed by atoms with Crippen LogP contribution in [0, 0.1) is 18.2 Å². The molecule has 1 fully saturated rings. The van der Waals surface area contributed by atoms with Gasteiger partial charge in [0.15, 0.2) is 0 Å². The summed E-state index contributed by atoms with van der Waals surface area (Å²) in [7, 11) is 0. The van der Waals surface area contributed by atoms with Crippen LogP contribution in [-0.2, 0) is 0 Å². The molecule has 0 spiro atoms. The molecular formula is C16H25FN2. The molecule has 2 unspecified atom stereocenters. The smallest absolute Gasteiger partial charge is 0.128 e. The van der Waals surface area contributed by atoms with Crippen molar-refractivity contribution in [1.29, 1.82) is 0 Å². The minimum Gasteiger partial charge on any atom is -0.366 e. The predicted molar refractivity (Wildman–Crippen MR) is 79.2 cm³/mol. The van der Waals surface area contributed by atoms with E-state index in [1.54, 1.807) is 6.07 Å². The molecule has 0 aromatic heterocycles. The Morgan fingerprint density at radius 1 is 1.32 bits per heavy atom. The first-order valence-electron chi connectivity index (χ1n) is 7.06. The van der Waals surface area contributed by atoms with Crippen LogP contribution in [0.3, 0.4) is 0 Å². The van der Waals surface area contributed by atoms with Gasteiger partial charge in [0.25, 0.3) is 0 Å². The van der Waals surface area contributed by atoms with E-state index in [0.717, 1.165) is 24.3 Å². The van der Waals surface area contributed by atoms with Crippen LogP contribution in [0.15, 0.2) is 18.2 Å². The van der Waals surface area contributed by atoms with Gasteiger partial charge in [-0.2, -0.15) is 0 Å². The van der Waals surface area contributed by atoms with Gasteiger partial charge in [-0.25, -0.2) is 4.39 Å². The van der Waals surface area contributed by atoms with Crippen molar-refractivity contribution in [3.63, 3.8) is 0 Å². The van der Waals surface area contributed by atoms with Crippen molar-refractivity contribution in [2.45, 2.75) is 46.7 Å². The fourth-order valence-corrected chi connectivity index (χ4v) is 2.69. The Kier molecular flexibility index (Phi) is 3.86. The number of benzene rings is 1. The Morgan fingerprint density at radius 3 is 2.63 bits per heavy atom. The third kappa shape index (κ3) is 2.92. The Bertz CT molecular complexity index is 451. The zero-order valence-electron chi connectivity index (χ0n) is 12.6. The summed E-state index contributed by atoms with van der Waals surface area (Å²) in [6, 6.07) is 6.18. The van der Waals surface area contributed by atoms with Gasteiger partial charge in [-0.3, -0.25) is 0 Å². The highest BCUT2D eigenvalue weighted by Crippen LogP contribution is 2.29. The van der Waals surface area contributed by atoms with Crippen molar-refractivity contribution >= 4 is 5.69 Å². The Morgan fingerprint density at radius 2 is 2.00 bits per heavy atom. The van der Waals surface area contributed by atoms with Gasteiger partial charge in [-0.05, 0) is 31.4 Å². The lowest BCUT2D eigenvalue weighted by Crippen LogP contribution is -2.59. The van der Waals surface area contributed by atoms with Crippen LogP contribution in [0.25, 0.3) is 0 Å². The van der Waals surface area contributed by atoms with Crippen LogP contribution in [0.5, 0.6) is 0 Å². The highest BCUT2D eigenvalue weighted by atomic mass is 19.1. The summed E-state index contributed by atoms with van der Waals surface area (Å²) in [6.07, 6.45) is 0. The molecule has 1 heterocycles. The topological polar surface area (TPSA) is 15.3 Å². The van der Waals surface area contributed by atoms with Crippen molar-refractivity contribution in [3.05, 3.63) is 29.6 Å². The van der Waals surface area contributed by atoms with E-state index in [-0.39, 0.29) is 11.2 Å². The van der Waals surface area contributed by atoms with E-state index in [9.17, 15) is 4.39 Å². The van der Waals surface area contributed by atoms with Crippen LogP contribution < -0.4 is 10.2 Å². The molecule has 0 bridgehead atoms. The molecule has 1 aromatic rings. The summed E-state index contributed by atoms with van der Waals surface area (Å²) in [5.74, 6) is -0.115. The van der Waals surface area contributed by atoms with E-state index in [1.807, 2.05) is 13.0 Å². The van der Waals surface area contributed by atoms with Crippen LogP contribution in [0.2, 0.25) is 0 Å². The summed E-state index contributed by atoms with van der Waals surface area (Å²) < 4.78 is 13.8. The normalized spacial score (nSPS) is 24.6. The molecule has 0 radical (unpaired) electrons. The molecule has 2 atom stereocenters. The lowest BCUT2D eigenvalue weighted by atomic mass is 9.84. The Balaban J connectivity index is 2.29. The van der Waals surface area contributed by atoms with E-state index in [4.69, 9.17) is 0 Å². The minimum absolute atomic E-state index is 0.115. The van der Waals surface area contributed by atoms with E-state index in [1.165, 1.54) is 6.07 Å². The SMILES string of the molecule is Cc1c(F)cccc1N1CC(C(C)(C)C)NCC1C. The summed E-state index contributed by atoms with van der Waals surface area (Å²) in [5, 5.41) is 3.61. The molecule has 19 heavy (non-hydrogen) atoms. The number of hydrogen-bond donors (Lipinski definition) is 1. The second-order valence-electron chi connectivity index (χ2n) is 6.71. The third-order valence-corrected chi connectivity index (χ3v) is 4.16. The first-order valence-corrected chi connectivity index (χ1v) is 7.06. The highest BCUT2D eigenvalue weighted by Gasteiger charge is 2.33. The Labute approximate surface area is 116 Å². The van der Waals surface area contributed by atoms with E-state index >= 15 is 0 Å². The second-order valence-corrected chi connectivity index (χ2v) is 6.71. The Hall–Kier alpha value is -1.09. The number of halogens is 1. The van der Waals surface area contributed by atoms with Gasteiger partial charge in [0.05, 0.1) is 0 Å². The molecule has 0 amide bonds. The highest BCUT2D eigenvalue weighted by molar-refractivity contribution is 5.55. The van der Waals surface area contributed by atoms with E-state index < -0.39 is 0 Å². The number of anilines is 1. The van der Waals surface area contributed by atoms with Crippen molar-refractivity contribution in [2.24, 2.45) is 5.41 Å². The average molecular weight is 264 g/mol. The quantitative estimate of drug-likeness (QED) is 0.837. The molecule has 1 aromatic carbocycles. The third-order valence-electron chi connectivity index (χ3n) is 4.16. The van der Waals surface area contributed by atoms with Crippen LogP contribution in [0.1, 0.15) is 33.3 Å². The zero-order chi connectivity index (χ0) is 14.2. The number of rotatable bonds is 1. The van der Waals surface area contributed by atoms with E-state index in [2.05, 4.69) is 37.9 Å². The molecule has 1 aliphatic rings.